The minimum atomic E-state index is 0.138. The minimum Gasteiger partial charge on any atom is -0.500 e. The van der Waals surface area contributed by atoms with Gasteiger partial charge in [0.05, 0.1) is 36.9 Å². The summed E-state index contributed by atoms with van der Waals surface area (Å²) >= 11 is 1.65. The summed E-state index contributed by atoms with van der Waals surface area (Å²) in [5, 5.41) is 14.1. The van der Waals surface area contributed by atoms with E-state index >= 15 is 0 Å². The number of thiazole rings is 1. The summed E-state index contributed by atoms with van der Waals surface area (Å²) in [4.78, 5) is 18.8. The molecule has 1 aromatic carbocycles. The molecule has 1 saturated heterocycles. The molecule has 32 heavy (non-hydrogen) atoms. The van der Waals surface area contributed by atoms with Gasteiger partial charge in [-0.15, -0.1) is 11.3 Å². The first-order chi connectivity index (χ1) is 15.7. The lowest BCUT2D eigenvalue weighted by molar-refractivity contribution is -0.102. The van der Waals surface area contributed by atoms with E-state index in [2.05, 4.69) is 15.0 Å². The molecule has 0 N–H and O–H groups in total. The third-order valence-corrected chi connectivity index (χ3v) is 6.24. The zero-order valence-electron chi connectivity index (χ0n) is 18.2. The van der Waals surface area contributed by atoms with Crippen molar-refractivity contribution in [2.24, 2.45) is 5.10 Å². The number of hydrogen-bond acceptors (Lipinski definition) is 8. The second-order valence-electron chi connectivity index (χ2n) is 7.42. The molecule has 0 amide bonds. The van der Waals surface area contributed by atoms with Gasteiger partial charge in [-0.05, 0) is 38.0 Å². The molecule has 0 atom stereocenters. The summed E-state index contributed by atoms with van der Waals surface area (Å²) in [5.41, 5.74) is 1.82. The molecule has 9 heteroatoms. The van der Waals surface area contributed by atoms with E-state index in [0.29, 0.717) is 11.4 Å². The molecule has 8 nitrogen and oxygen atoms in total. The first kappa shape index (κ1) is 21.8. The molecule has 0 spiro atoms. The number of rotatable bonds is 8. The van der Waals surface area contributed by atoms with Crippen molar-refractivity contribution in [3.05, 3.63) is 71.8 Å². The molecule has 1 fully saturated rings. The summed E-state index contributed by atoms with van der Waals surface area (Å²) in [7, 11) is 1.63. The zero-order valence-corrected chi connectivity index (χ0v) is 19.0. The maximum Gasteiger partial charge on any atom is 0.185 e. The van der Waals surface area contributed by atoms with Gasteiger partial charge < -0.3 is 9.64 Å². The van der Waals surface area contributed by atoms with E-state index < -0.39 is 0 Å². The van der Waals surface area contributed by atoms with Crippen LogP contribution in [-0.2, 0) is 9.53 Å². The Balaban J connectivity index is 1.61. The Morgan fingerprint density at radius 2 is 2.00 bits per heavy atom. The van der Waals surface area contributed by atoms with E-state index in [9.17, 15) is 4.79 Å². The lowest BCUT2D eigenvalue weighted by Crippen LogP contribution is -2.42. The number of methoxy groups -OCH3 is 1. The third-order valence-electron chi connectivity index (χ3n) is 5.41. The number of carbonyl (C=O) groups is 1. The van der Waals surface area contributed by atoms with Gasteiger partial charge >= 0.3 is 0 Å². The first-order valence-corrected chi connectivity index (χ1v) is 11.4. The quantitative estimate of drug-likeness (QED) is 0.225. The lowest BCUT2D eigenvalue weighted by atomic mass is 10.1. The number of carbonyl (C=O) groups excluding carboxylic acids is 1. The van der Waals surface area contributed by atoms with Gasteiger partial charge in [0, 0.05) is 24.7 Å². The van der Waals surface area contributed by atoms with E-state index in [1.54, 1.807) is 35.4 Å². The maximum atomic E-state index is 12.1. The molecular formula is C23H26N6O2S. The van der Waals surface area contributed by atoms with E-state index in [0.717, 1.165) is 48.8 Å². The Morgan fingerprint density at radius 1 is 1.22 bits per heavy atom. The monoisotopic (exact) mass is 450 g/mol. The number of para-hydroxylation sites is 1. The van der Waals surface area contributed by atoms with Gasteiger partial charge in [0.1, 0.15) is 11.5 Å². The van der Waals surface area contributed by atoms with E-state index in [1.165, 1.54) is 0 Å². The van der Waals surface area contributed by atoms with E-state index in [4.69, 9.17) is 9.84 Å². The van der Waals surface area contributed by atoms with Gasteiger partial charge in [-0.25, -0.2) is 9.67 Å². The third kappa shape index (κ3) is 4.88. The Morgan fingerprint density at radius 3 is 2.66 bits per heavy atom. The highest BCUT2D eigenvalue weighted by atomic mass is 32.1. The van der Waals surface area contributed by atoms with Gasteiger partial charge in [0.2, 0.25) is 0 Å². The number of hydrogen-bond donors (Lipinski definition) is 0. The highest BCUT2D eigenvalue weighted by Gasteiger charge is 2.25. The first-order valence-electron chi connectivity index (χ1n) is 10.5. The van der Waals surface area contributed by atoms with Gasteiger partial charge in [0.25, 0.3) is 0 Å². The van der Waals surface area contributed by atoms with Crippen LogP contribution in [0.15, 0.2) is 71.2 Å². The fourth-order valence-corrected chi connectivity index (χ4v) is 4.38. The van der Waals surface area contributed by atoms with Crippen LogP contribution in [0.25, 0.3) is 5.69 Å². The number of hydrazone groups is 1. The largest absolute Gasteiger partial charge is 0.500 e. The Bertz CT molecular complexity index is 1070. The normalized spacial score (nSPS) is 15.6. The van der Waals surface area contributed by atoms with Crippen molar-refractivity contribution in [3.63, 3.8) is 0 Å². The van der Waals surface area contributed by atoms with Gasteiger partial charge in [0.15, 0.2) is 11.4 Å². The minimum absolute atomic E-state index is 0.138. The number of aromatic nitrogens is 3. The molecule has 1 aliphatic heterocycles. The van der Waals surface area contributed by atoms with Crippen LogP contribution in [0.1, 0.15) is 25.5 Å². The predicted molar refractivity (Wildman–Crippen MR) is 126 cm³/mol. The van der Waals surface area contributed by atoms with Gasteiger partial charge in [-0.3, -0.25) is 9.80 Å². The molecule has 0 aliphatic carbocycles. The van der Waals surface area contributed by atoms with E-state index in [1.807, 2.05) is 60.0 Å². The Labute approximate surface area is 191 Å². The van der Waals surface area contributed by atoms with Crippen molar-refractivity contribution in [2.75, 3.05) is 25.1 Å². The number of piperidine rings is 1. The van der Waals surface area contributed by atoms with Crippen LogP contribution in [0, 0.1) is 0 Å². The lowest BCUT2D eigenvalue weighted by Gasteiger charge is -2.35. The van der Waals surface area contributed by atoms with Crippen molar-refractivity contribution in [1.82, 2.24) is 19.8 Å². The average molecular weight is 451 g/mol. The number of nitrogens with zero attached hydrogens (tertiary/aromatic N) is 6. The van der Waals surface area contributed by atoms with Crippen LogP contribution in [0.2, 0.25) is 0 Å². The van der Waals surface area contributed by atoms with E-state index in [-0.39, 0.29) is 6.04 Å². The molecular weight excluding hydrogens is 424 g/mol. The van der Waals surface area contributed by atoms with Crippen LogP contribution >= 0.6 is 11.3 Å². The number of benzene rings is 1. The van der Waals surface area contributed by atoms with Crippen molar-refractivity contribution in [2.45, 2.75) is 25.8 Å². The molecule has 1 aliphatic rings. The second kappa shape index (κ2) is 10.2. The number of anilines is 1. The fraction of sp³-hybridized carbons (Fsp3) is 0.304. The number of aldehydes is 1. The highest BCUT2D eigenvalue weighted by molar-refractivity contribution is 7.13. The molecule has 0 radical (unpaired) electrons. The van der Waals surface area contributed by atoms with Crippen LogP contribution in [0.4, 0.5) is 5.13 Å². The SMILES string of the molecule is CO/C(C)=C/N(/N=C(\C=O)c1ccnn1-c1ccccc1)C1CCN(c2nccs2)CC1. The van der Waals surface area contributed by atoms with Crippen molar-refractivity contribution < 1.29 is 9.53 Å². The molecule has 166 valence electrons. The maximum absolute atomic E-state index is 12.1. The number of ether oxygens (including phenoxy) is 1. The van der Waals surface area contributed by atoms with Crippen LogP contribution in [0.3, 0.4) is 0 Å². The summed E-state index contributed by atoms with van der Waals surface area (Å²) in [6, 6.07) is 11.6. The predicted octanol–water partition coefficient (Wildman–Crippen LogP) is 3.71. The van der Waals surface area contributed by atoms with Crippen molar-refractivity contribution in [3.8, 4) is 5.69 Å². The Kier molecular flexibility index (Phi) is 6.96. The van der Waals surface area contributed by atoms with Gasteiger partial charge in [-0.2, -0.15) is 10.2 Å². The van der Waals surface area contributed by atoms with Crippen LogP contribution < -0.4 is 4.90 Å². The fourth-order valence-electron chi connectivity index (χ4n) is 3.68. The Hall–Kier alpha value is -3.46. The molecule has 0 bridgehead atoms. The molecule has 3 aromatic rings. The zero-order chi connectivity index (χ0) is 22.3. The van der Waals surface area contributed by atoms with Crippen LogP contribution in [-0.4, -0.2) is 58.0 Å². The second-order valence-corrected chi connectivity index (χ2v) is 8.30. The molecule has 4 rings (SSSR count). The summed E-state index contributed by atoms with van der Waals surface area (Å²) in [6.07, 6.45) is 7.93. The molecule has 0 saturated carbocycles. The number of allylic oxidation sites excluding steroid dienone is 1. The summed E-state index contributed by atoms with van der Waals surface area (Å²) < 4.78 is 7.10. The average Bonchev–Trinajstić information content (AvgIpc) is 3.55. The standard InChI is InChI=1S/C23H26N6O2S/c1-18(31-2)16-28(19-9-13-27(14-10-19)23-24-12-15-32-23)26-21(17-30)22-8-11-25-29(22)20-6-4-3-5-7-20/h3-8,11-12,15-17,19H,9-10,13-14H2,1-2H3/b18-16+,26-21+. The van der Waals surface area contributed by atoms with Crippen molar-refractivity contribution in [1.29, 1.82) is 0 Å². The topological polar surface area (TPSA) is 75.8 Å². The van der Waals surface area contributed by atoms with Gasteiger partial charge in [-0.1, -0.05) is 18.2 Å². The van der Waals surface area contributed by atoms with Crippen molar-refractivity contribution >= 4 is 28.5 Å². The molecule has 2 aromatic heterocycles. The molecule has 3 heterocycles. The highest BCUT2D eigenvalue weighted by Crippen LogP contribution is 2.25. The smallest absolute Gasteiger partial charge is 0.185 e. The summed E-state index contributed by atoms with van der Waals surface area (Å²) in [5.74, 6) is 0.720. The van der Waals surface area contributed by atoms with Crippen LogP contribution in [0.5, 0.6) is 0 Å². The molecule has 0 unspecified atom stereocenters. The summed E-state index contributed by atoms with van der Waals surface area (Å²) in [6.45, 7) is 3.63.